The summed E-state index contributed by atoms with van der Waals surface area (Å²) in [6.45, 7) is 7.91. The molecule has 0 aliphatic heterocycles. The van der Waals surface area contributed by atoms with Crippen LogP contribution < -0.4 is 5.32 Å². The second kappa shape index (κ2) is 3.90. The predicted octanol–water partition coefficient (Wildman–Crippen LogP) is 1.50. The molecule has 0 aromatic carbocycles. The third kappa shape index (κ3) is 3.03. The molecular formula is C7H17N. The summed E-state index contributed by atoms with van der Waals surface area (Å²) >= 11 is 0. The summed E-state index contributed by atoms with van der Waals surface area (Å²) in [5.74, 6) is 1.61. The molecule has 1 heteroatoms. The molecular weight excluding hydrogens is 98.1 g/mol. The van der Waals surface area contributed by atoms with Gasteiger partial charge in [-0.25, -0.2) is 0 Å². The highest BCUT2D eigenvalue weighted by Gasteiger charge is 2.03. The van der Waals surface area contributed by atoms with Crippen LogP contribution in [0.25, 0.3) is 0 Å². The fourth-order valence-corrected chi connectivity index (χ4v) is 0.558. The van der Waals surface area contributed by atoms with Crippen LogP contribution in [0, 0.1) is 11.8 Å². The quantitative estimate of drug-likeness (QED) is 0.587. The average molecular weight is 115 g/mol. The van der Waals surface area contributed by atoms with Gasteiger partial charge in [0.05, 0.1) is 0 Å². The third-order valence-corrected chi connectivity index (χ3v) is 1.66. The Hall–Kier alpha value is -0.0400. The van der Waals surface area contributed by atoms with Crippen molar-refractivity contribution in [2.24, 2.45) is 11.8 Å². The summed E-state index contributed by atoms with van der Waals surface area (Å²) in [5, 5.41) is 3.15. The van der Waals surface area contributed by atoms with E-state index in [9.17, 15) is 0 Å². The number of hydrogen-bond acceptors (Lipinski definition) is 1. The van der Waals surface area contributed by atoms with Gasteiger partial charge in [-0.1, -0.05) is 20.8 Å². The molecule has 0 unspecified atom stereocenters. The van der Waals surface area contributed by atoms with Gasteiger partial charge in [0.1, 0.15) is 0 Å². The second-order valence-electron chi connectivity index (χ2n) is 2.78. The first-order valence-electron chi connectivity index (χ1n) is 3.33. The first kappa shape index (κ1) is 7.96. The summed E-state index contributed by atoms with van der Waals surface area (Å²) < 4.78 is 0. The van der Waals surface area contributed by atoms with E-state index in [1.54, 1.807) is 0 Å². The standard InChI is InChI=1S/C7H17N/c1-6(2)7(3)5-8-4/h6-8H,5H2,1-4H3/t7-/m1/s1. The molecule has 0 bridgehead atoms. The summed E-state index contributed by atoms with van der Waals surface area (Å²) in [5.41, 5.74) is 0. The van der Waals surface area contributed by atoms with E-state index in [-0.39, 0.29) is 0 Å². The molecule has 0 amide bonds. The number of rotatable bonds is 3. The van der Waals surface area contributed by atoms with E-state index in [1.165, 1.54) is 0 Å². The van der Waals surface area contributed by atoms with Gasteiger partial charge < -0.3 is 5.32 Å². The Balaban J connectivity index is 3.17. The largest absolute Gasteiger partial charge is 0.319 e. The maximum Gasteiger partial charge on any atom is -0.00237 e. The van der Waals surface area contributed by atoms with Crippen LogP contribution in [0.5, 0.6) is 0 Å². The molecule has 8 heavy (non-hydrogen) atoms. The molecule has 0 saturated heterocycles. The van der Waals surface area contributed by atoms with E-state index in [0.29, 0.717) is 0 Å². The van der Waals surface area contributed by atoms with Gasteiger partial charge in [0.2, 0.25) is 0 Å². The lowest BCUT2D eigenvalue weighted by molar-refractivity contribution is 0.405. The van der Waals surface area contributed by atoms with E-state index >= 15 is 0 Å². The molecule has 0 aliphatic rings. The highest BCUT2D eigenvalue weighted by Crippen LogP contribution is 2.06. The Labute approximate surface area is 52.5 Å². The van der Waals surface area contributed by atoms with Gasteiger partial charge in [0, 0.05) is 0 Å². The SMILES string of the molecule is CNC[C@@H](C)C(C)C. The average Bonchev–Trinajstić information content (AvgIpc) is 1.67. The maximum atomic E-state index is 3.15. The van der Waals surface area contributed by atoms with Crippen LogP contribution in [0.2, 0.25) is 0 Å². The Bertz CT molecular complexity index is 50.3. The van der Waals surface area contributed by atoms with E-state index in [0.717, 1.165) is 18.4 Å². The maximum absolute atomic E-state index is 3.15. The van der Waals surface area contributed by atoms with E-state index in [1.807, 2.05) is 7.05 Å². The van der Waals surface area contributed by atoms with Crippen molar-refractivity contribution in [1.29, 1.82) is 0 Å². The van der Waals surface area contributed by atoms with Crippen molar-refractivity contribution < 1.29 is 0 Å². The number of hydrogen-bond donors (Lipinski definition) is 1. The smallest absolute Gasteiger partial charge is 0.00237 e. The molecule has 0 aliphatic carbocycles. The molecule has 0 aromatic rings. The topological polar surface area (TPSA) is 12.0 Å². The summed E-state index contributed by atoms with van der Waals surface area (Å²) in [7, 11) is 2.00. The highest BCUT2D eigenvalue weighted by atomic mass is 14.8. The van der Waals surface area contributed by atoms with Crippen LogP contribution in [-0.4, -0.2) is 13.6 Å². The van der Waals surface area contributed by atoms with Gasteiger partial charge in [-0.05, 0) is 25.4 Å². The normalized spacial score (nSPS) is 14.6. The Morgan fingerprint density at radius 3 is 1.88 bits per heavy atom. The van der Waals surface area contributed by atoms with Gasteiger partial charge >= 0.3 is 0 Å². The lowest BCUT2D eigenvalue weighted by Crippen LogP contribution is -2.20. The monoisotopic (exact) mass is 115 g/mol. The molecule has 0 rings (SSSR count). The van der Waals surface area contributed by atoms with Crippen LogP contribution >= 0.6 is 0 Å². The first-order valence-corrected chi connectivity index (χ1v) is 3.33. The van der Waals surface area contributed by atoms with Gasteiger partial charge in [-0.3, -0.25) is 0 Å². The molecule has 1 N–H and O–H groups in total. The Kier molecular flexibility index (Phi) is 3.88. The zero-order chi connectivity index (χ0) is 6.57. The van der Waals surface area contributed by atoms with Crippen molar-refractivity contribution >= 4 is 0 Å². The molecule has 0 fully saturated rings. The zero-order valence-electron chi connectivity index (χ0n) is 6.36. The highest BCUT2D eigenvalue weighted by molar-refractivity contribution is 4.57. The lowest BCUT2D eigenvalue weighted by Gasteiger charge is -2.13. The molecule has 0 spiro atoms. The van der Waals surface area contributed by atoms with Crippen LogP contribution in [0.1, 0.15) is 20.8 Å². The minimum Gasteiger partial charge on any atom is -0.319 e. The lowest BCUT2D eigenvalue weighted by atomic mass is 9.98. The van der Waals surface area contributed by atoms with Crippen LogP contribution in [0.3, 0.4) is 0 Å². The van der Waals surface area contributed by atoms with E-state index < -0.39 is 0 Å². The van der Waals surface area contributed by atoms with Gasteiger partial charge in [-0.2, -0.15) is 0 Å². The molecule has 0 radical (unpaired) electrons. The Morgan fingerprint density at radius 1 is 1.25 bits per heavy atom. The molecule has 50 valence electrons. The fourth-order valence-electron chi connectivity index (χ4n) is 0.558. The minimum absolute atomic E-state index is 0.806. The molecule has 0 aromatic heterocycles. The van der Waals surface area contributed by atoms with E-state index in [2.05, 4.69) is 26.1 Å². The van der Waals surface area contributed by atoms with Crippen LogP contribution in [0.4, 0.5) is 0 Å². The van der Waals surface area contributed by atoms with Crippen molar-refractivity contribution in [3.8, 4) is 0 Å². The van der Waals surface area contributed by atoms with E-state index in [4.69, 9.17) is 0 Å². The first-order chi connectivity index (χ1) is 3.68. The molecule has 0 heterocycles. The van der Waals surface area contributed by atoms with Crippen LogP contribution in [-0.2, 0) is 0 Å². The van der Waals surface area contributed by atoms with Crippen molar-refractivity contribution in [3.63, 3.8) is 0 Å². The van der Waals surface area contributed by atoms with Gasteiger partial charge in [-0.15, -0.1) is 0 Å². The predicted molar refractivity (Wildman–Crippen MR) is 37.9 cm³/mol. The van der Waals surface area contributed by atoms with Crippen molar-refractivity contribution in [2.45, 2.75) is 20.8 Å². The molecule has 1 atom stereocenters. The van der Waals surface area contributed by atoms with Crippen molar-refractivity contribution in [2.75, 3.05) is 13.6 Å². The van der Waals surface area contributed by atoms with Crippen molar-refractivity contribution in [1.82, 2.24) is 5.32 Å². The second-order valence-corrected chi connectivity index (χ2v) is 2.78. The third-order valence-electron chi connectivity index (χ3n) is 1.66. The zero-order valence-corrected chi connectivity index (χ0v) is 6.36. The molecule has 0 saturated carbocycles. The fraction of sp³-hybridized carbons (Fsp3) is 1.00. The van der Waals surface area contributed by atoms with Crippen LogP contribution in [0.15, 0.2) is 0 Å². The van der Waals surface area contributed by atoms with Gasteiger partial charge in [0.25, 0.3) is 0 Å². The number of nitrogens with one attached hydrogen (secondary N) is 1. The summed E-state index contributed by atoms with van der Waals surface area (Å²) in [4.78, 5) is 0. The minimum atomic E-state index is 0.806. The Morgan fingerprint density at radius 2 is 1.75 bits per heavy atom. The summed E-state index contributed by atoms with van der Waals surface area (Å²) in [6, 6.07) is 0. The van der Waals surface area contributed by atoms with Crippen molar-refractivity contribution in [3.05, 3.63) is 0 Å². The summed E-state index contributed by atoms with van der Waals surface area (Å²) in [6.07, 6.45) is 0. The van der Waals surface area contributed by atoms with Gasteiger partial charge in [0.15, 0.2) is 0 Å². The molecule has 1 nitrogen and oxygen atoms in total.